The van der Waals surface area contributed by atoms with Gasteiger partial charge >= 0.3 is 0 Å². The Labute approximate surface area is 109 Å². The third-order valence-electron chi connectivity index (χ3n) is 3.03. The van der Waals surface area contributed by atoms with E-state index in [0.29, 0.717) is 11.4 Å². The molecule has 1 aromatic heterocycles. The number of amides is 1. The maximum atomic E-state index is 11.8. The van der Waals surface area contributed by atoms with Crippen molar-refractivity contribution in [2.24, 2.45) is 0 Å². The first-order valence-electron chi connectivity index (χ1n) is 5.54. The van der Waals surface area contributed by atoms with E-state index in [1.54, 1.807) is 12.3 Å². The van der Waals surface area contributed by atoms with Gasteiger partial charge in [-0.25, -0.2) is 4.98 Å². The van der Waals surface area contributed by atoms with Gasteiger partial charge in [0.1, 0.15) is 0 Å². The lowest BCUT2D eigenvalue weighted by molar-refractivity contribution is -0.116. The molecule has 1 saturated heterocycles. The predicted octanol–water partition coefficient (Wildman–Crippen LogP) is 2.00. The smallest absolute Gasteiger partial charge is 0.226 e. The zero-order valence-corrected chi connectivity index (χ0v) is 10.7. The number of carbonyl (C=O) groups is 1. The van der Waals surface area contributed by atoms with E-state index in [1.165, 1.54) is 0 Å². The molecule has 0 spiro atoms. The highest BCUT2D eigenvalue weighted by Crippen LogP contribution is 2.34. The van der Waals surface area contributed by atoms with Crippen LogP contribution in [0.3, 0.4) is 0 Å². The van der Waals surface area contributed by atoms with Crippen LogP contribution < -0.4 is 10.2 Å². The fraction of sp³-hybridized carbons (Fsp3) is 0.455. The second kappa shape index (κ2) is 4.38. The molecule has 1 amide bonds. The number of hydrogen-bond acceptors (Lipinski definition) is 4. The van der Waals surface area contributed by atoms with Crippen molar-refractivity contribution in [3.05, 3.63) is 17.3 Å². The molecule has 4 nitrogen and oxygen atoms in total. The van der Waals surface area contributed by atoms with E-state index in [-0.39, 0.29) is 11.9 Å². The second-order valence-corrected chi connectivity index (χ2v) is 5.79. The number of anilines is 2. The number of halogens is 1. The number of pyridine rings is 1. The Bertz CT molecular complexity index is 468. The number of carbonyl (C=O) groups excluding carboxylic acids is 1. The second-order valence-electron chi connectivity index (χ2n) is 4.20. The van der Waals surface area contributed by atoms with E-state index in [0.717, 1.165) is 29.6 Å². The third-order valence-corrected chi connectivity index (χ3v) is 4.33. The Morgan fingerprint density at radius 2 is 2.47 bits per heavy atom. The van der Waals surface area contributed by atoms with E-state index >= 15 is 0 Å². The molecule has 2 aliphatic rings. The van der Waals surface area contributed by atoms with Gasteiger partial charge in [-0.15, -0.1) is 0 Å². The summed E-state index contributed by atoms with van der Waals surface area (Å²) in [6.07, 6.45) is 2.16. The largest absolute Gasteiger partial charge is 0.350 e. The van der Waals surface area contributed by atoms with E-state index in [9.17, 15) is 4.79 Å². The maximum Gasteiger partial charge on any atom is 0.226 e. The summed E-state index contributed by atoms with van der Waals surface area (Å²) in [5.74, 6) is 2.96. The first-order valence-corrected chi connectivity index (χ1v) is 7.07. The van der Waals surface area contributed by atoms with Gasteiger partial charge in [-0.1, -0.05) is 11.6 Å². The van der Waals surface area contributed by atoms with Crippen LogP contribution in [0.15, 0.2) is 12.3 Å². The van der Waals surface area contributed by atoms with Gasteiger partial charge in [-0.05, 0) is 6.07 Å². The highest BCUT2D eigenvalue weighted by Gasteiger charge is 2.31. The summed E-state index contributed by atoms with van der Waals surface area (Å²) in [7, 11) is 0. The minimum atomic E-state index is 0.0466. The molecule has 90 valence electrons. The molecule has 1 fully saturated rings. The Kier molecular flexibility index (Phi) is 2.88. The van der Waals surface area contributed by atoms with Crippen molar-refractivity contribution in [1.29, 1.82) is 0 Å². The molecule has 0 saturated carbocycles. The van der Waals surface area contributed by atoms with Gasteiger partial charge in [-0.3, -0.25) is 4.79 Å². The zero-order valence-electron chi connectivity index (χ0n) is 9.15. The molecule has 1 N–H and O–H groups in total. The van der Waals surface area contributed by atoms with Crippen LogP contribution in [-0.4, -0.2) is 35.0 Å². The molecule has 1 unspecified atom stereocenters. The standard InChI is InChI=1S/C11H12ClN3OS/c12-7-3-9-11(13-5-7)15-1-2-17-6-8(15)4-10(16)14-9/h3,5,8H,1-2,4,6H2,(H,14,16). The number of hydrogen-bond donors (Lipinski definition) is 1. The van der Waals surface area contributed by atoms with Crippen LogP contribution in [0.2, 0.25) is 5.02 Å². The molecule has 0 radical (unpaired) electrons. The van der Waals surface area contributed by atoms with Crippen LogP contribution in [0, 0.1) is 0 Å². The fourth-order valence-electron chi connectivity index (χ4n) is 2.27. The first kappa shape index (κ1) is 11.2. The van der Waals surface area contributed by atoms with Crippen LogP contribution in [0.5, 0.6) is 0 Å². The minimum Gasteiger partial charge on any atom is -0.350 e. The average molecular weight is 270 g/mol. The van der Waals surface area contributed by atoms with Gasteiger partial charge in [0.2, 0.25) is 5.91 Å². The molecule has 1 atom stereocenters. The van der Waals surface area contributed by atoms with E-state index in [1.807, 2.05) is 11.8 Å². The van der Waals surface area contributed by atoms with Crippen LogP contribution in [-0.2, 0) is 4.79 Å². The number of nitrogens with one attached hydrogen (secondary N) is 1. The molecule has 17 heavy (non-hydrogen) atoms. The molecule has 3 rings (SSSR count). The van der Waals surface area contributed by atoms with Gasteiger partial charge < -0.3 is 10.2 Å². The van der Waals surface area contributed by atoms with Crippen molar-refractivity contribution < 1.29 is 4.79 Å². The number of aromatic nitrogens is 1. The number of fused-ring (bicyclic) bond motifs is 3. The normalized spacial score (nSPS) is 23.5. The molecular formula is C11H12ClN3OS. The van der Waals surface area contributed by atoms with Crippen LogP contribution in [0.1, 0.15) is 6.42 Å². The Hall–Kier alpha value is -0.940. The summed E-state index contributed by atoms with van der Waals surface area (Å²) >= 11 is 7.81. The summed E-state index contributed by atoms with van der Waals surface area (Å²) in [6.45, 7) is 0.936. The van der Waals surface area contributed by atoms with Gasteiger partial charge in [0.05, 0.1) is 10.7 Å². The van der Waals surface area contributed by atoms with E-state index in [4.69, 9.17) is 11.6 Å². The molecule has 0 aliphatic carbocycles. The Morgan fingerprint density at radius 1 is 1.59 bits per heavy atom. The van der Waals surface area contributed by atoms with Gasteiger partial charge in [-0.2, -0.15) is 11.8 Å². The monoisotopic (exact) mass is 269 g/mol. The quantitative estimate of drug-likeness (QED) is 0.783. The van der Waals surface area contributed by atoms with E-state index < -0.39 is 0 Å². The van der Waals surface area contributed by atoms with Crippen LogP contribution >= 0.6 is 23.4 Å². The number of nitrogens with zero attached hydrogens (tertiary/aromatic N) is 2. The predicted molar refractivity (Wildman–Crippen MR) is 71.0 cm³/mol. The Balaban J connectivity index is 2.05. The van der Waals surface area contributed by atoms with Crippen molar-refractivity contribution in [2.45, 2.75) is 12.5 Å². The van der Waals surface area contributed by atoms with Crippen molar-refractivity contribution in [1.82, 2.24) is 4.98 Å². The maximum absolute atomic E-state index is 11.8. The number of thioether (sulfide) groups is 1. The third kappa shape index (κ3) is 2.09. The molecule has 0 aromatic carbocycles. The average Bonchev–Trinajstić information content (AvgIpc) is 2.43. The molecule has 6 heteroatoms. The molecule has 0 bridgehead atoms. The lowest BCUT2D eigenvalue weighted by Crippen LogP contribution is -2.43. The molecular weight excluding hydrogens is 258 g/mol. The SMILES string of the molecule is O=C1CC2CSCCN2c2ncc(Cl)cc2N1. The van der Waals surface area contributed by atoms with Crippen molar-refractivity contribution in [2.75, 3.05) is 28.3 Å². The summed E-state index contributed by atoms with van der Waals surface area (Å²) < 4.78 is 0. The van der Waals surface area contributed by atoms with Crippen molar-refractivity contribution >= 4 is 40.8 Å². The first-order chi connectivity index (χ1) is 8.24. The lowest BCUT2D eigenvalue weighted by Gasteiger charge is -2.34. The van der Waals surface area contributed by atoms with Gasteiger partial charge in [0.15, 0.2) is 5.82 Å². The van der Waals surface area contributed by atoms with Crippen LogP contribution in [0.4, 0.5) is 11.5 Å². The summed E-state index contributed by atoms with van der Waals surface area (Å²) in [5, 5.41) is 3.43. The minimum absolute atomic E-state index is 0.0466. The van der Waals surface area contributed by atoms with Crippen molar-refractivity contribution in [3.8, 4) is 0 Å². The highest BCUT2D eigenvalue weighted by atomic mass is 35.5. The summed E-state index contributed by atoms with van der Waals surface area (Å²) in [6, 6.07) is 2.02. The summed E-state index contributed by atoms with van der Waals surface area (Å²) in [5.41, 5.74) is 0.733. The molecule has 2 aliphatic heterocycles. The number of rotatable bonds is 0. The molecule has 3 heterocycles. The molecule has 1 aromatic rings. The Morgan fingerprint density at radius 3 is 3.35 bits per heavy atom. The highest BCUT2D eigenvalue weighted by molar-refractivity contribution is 7.99. The lowest BCUT2D eigenvalue weighted by atomic mass is 10.2. The van der Waals surface area contributed by atoms with Crippen LogP contribution in [0.25, 0.3) is 0 Å². The van der Waals surface area contributed by atoms with Crippen molar-refractivity contribution in [3.63, 3.8) is 0 Å². The fourth-order valence-corrected chi connectivity index (χ4v) is 3.49. The van der Waals surface area contributed by atoms with Gasteiger partial charge in [0.25, 0.3) is 0 Å². The van der Waals surface area contributed by atoms with Gasteiger partial charge in [0, 0.05) is 36.7 Å². The van der Waals surface area contributed by atoms with E-state index in [2.05, 4.69) is 15.2 Å². The topological polar surface area (TPSA) is 45.2 Å². The summed E-state index contributed by atoms with van der Waals surface area (Å²) in [4.78, 5) is 18.4. The zero-order chi connectivity index (χ0) is 11.8.